The lowest BCUT2D eigenvalue weighted by Gasteiger charge is -2.17. The van der Waals surface area contributed by atoms with Gasteiger partial charge in [0.2, 0.25) is 0 Å². The van der Waals surface area contributed by atoms with Crippen molar-refractivity contribution in [2.24, 2.45) is 5.41 Å². The second kappa shape index (κ2) is 4.87. The highest BCUT2D eigenvalue weighted by molar-refractivity contribution is 5.73. The maximum absolute atomic E-state index is 10.6. The molecule has 76 valence electrons. The van der Waals surface area contributed by atoms with E-state index in [0.717, 1.165) is 0 Å². The van der Waals surface area contributed by atoms with Crippen LogP contribution >= 0.6 is 0 Å². The third-order valence-electron chi connectivity index (χ3n) is 1.57. The SMILES string of the molecule is C=C(CC)OOCC(C)(C)C(=O)O. The van der Waals surface area contributed by atoms with Crippen molar-refractivity contribution in [3.8, 4) is 0 Å². The Kier molecular flexibility index (Phi) is 4.48. The zero-order chi connectivity index (χ0) is 10.5. The van der Waals surface area contributed by atoms with E-state index in [2.05, 4.69) is 6.58 Å². The number of rotatable bonds is 6. The molecule has 0 unspecified atom stereocenters. The fraction of sp³-hybridized carbons (Fsp3) is 0.667. The zero-order valence-corrected chi connectivity index (χ0v) is 8.29. The molecular weight excluding hydrogens is 172 g/mol. The third-order valence-corrected chi connectivity index (χ3v) is 1.57. The van der Waals surface area contributed by atoms with Crippen LogP contribution in [-0.2, 0) is 14.6 Å². The first kappa shape index (κ1) is 12.0. The largest absolute Gasteiger partial charge is 0.481 e. The molecular formula is C9H16O4. The van der Waals surface area contributed by atoms with Crippen LogP contribution < -0.4 is 0 Å². The first-order valence-electron chi connectivity index (χ1n) is 4.10. The van der Waals surface area contributed by atoms with Crippen molar-refractivity contribution in [3.05, 3.63) is 12.3 Å². The fourth-order valence-corrected chi connectivity index (χ4v) is 0.381. The van der Waals surface area contributed by atoms with Crippen LogP contribution in [0.3, 0.4) is 0 Å². The Labute approximate surface area is 78.1 Å². The lowest BCUT2D eigenvalue weighted by atomic mass is 9.96. The second-order valence-electron chi connectivity index (χ2n) is 3.43. The van der Waals surface area contributed by atoms with E-state index in [1.165, 1.54) is 0 Å². The number of hydrogen-bond donors (Lipinski definition) is 1. The van der Waals surface area contributed by atoms with Crippen LogP contribution in [0, 0.1) is 5.41 Å². The van der Waals surface area contributed by atoms with Crippen LogP contribution in [0.2, 0.25) is 0 Å². The van der Waals surface area contributed by atoms with Gasteiger partial charge in [0.05, 0.1) is 5.41 Å². The maximum Gasteiger partial charge on any atom is 0.311 e. The van der Waals surface area contributed by atoms with Gasteiger partial charge < -0.3 is 9.99 Å². The van der Waals surface area contributed by atoms with E-state index in [1.807, 2.05) is 6.92 Å². The normalized spacial score (nSPS) is 11.0. The predicted molar refractivity (Wildman–Crippen MR) is 47.9 cm³/mol. The Morgan fingerprint density at radius 2 is 2.08 bits per heavy atom. The second-order valence-corrected chi connectivity index (χ2v) is 3.43. The minimum atomic E-state index is -0.936. The maximum atomic E-state index is 10.6. The smallest absolute Gasteiger partial charge is 0.311 e. The van der Waals surface area contributed by atoms with Gasteiger partial charge in [-0.05, 0) is 13.8 Å². The van der Waals surface area contributed by atoms with Crippen molar-refractivity contribution < 1.29 is 19.7 Å². The number of carboxylic acids is 1. The number of carbonyl (C=O) groups is 1. The van der Waals surface area contributed by atoms with Crippen molar-refractivity contribution in [2.75, 3.05) is 6.61 Å². The number of hydrogen-bond acceptors (Lipinski definition) is 3. The van der Waals surface area contributed by atoms with E-state index in [0.29, 0.717) is 12.2 Å². The molecule has 0 atom stereocenters. The summed E-state index contributed by atoms with van der Waals surface area (Å²) in [5, 5.41) is 8.71. The predicted octanol–water partition coefficient (Wildman–Crippen LogP) is 1.97. The van der Waals surface area contributed by atoms with Crippen LogP contribution in [-0.4, -0.2) is 17.7 Å². The molecule has 0 saturated heterocycles. The third kappa shape index (κ3) is 4.52. The van der Waals surface area contributed by atoms with E-state index in [1.54, 1.807) is 13.8 Å². The van der Waals surface area contributed by atoms with Crippen LogP contribution in [0.25, 0.3) is 0 Å². The molecule has 0 rings (SSSR count). The van der Waals surface area contributed by atoms with E-state index in [4.69, 9.17) is 14.9 Å². The fourth-order valence-electron chi connectivity index (χ4n) is 0.381. The Bertz CT molecular complexity index is 196. The van der Waals surface area contributed by atoms with Crippen molar-refractivity contribution in [2.45, 2.75) is 27.2 Å². The molecule has 0 amide bonds. The summed E-state index contributed by atoms with van der Waals surface area (Å²) < 4.78 is 0. The van der Waals surface area contributed by atoms with Gasteiger partial charge in [0.1, 0.15) is 12.4 Å². The van der Waals surface area contributed by atoms with Gasteiger partial charge in [0, 0.05) is 6.42 Å². The summed E-state index contributed by atoms with van der Waals surface area (Å²) in [6.07, 6.45) is 0.646. The van der Waals surface area contributed by atoms with E-state index < -0.39 is 11.4 Å². The summed E-state index contributed by atoms with van der Waals surface area (Å²) in [5.41, 5.74) is -0.936. The van der Waals surface area contributed by atoms with Gasteiger partial charge >= 0.3 is 5.97 Å². The molecule has 4 heteroatoms. The molecule has 0 spiro atoms. The van der Waals surface area contributed by atoms with Crippen LogP contribution in [0.1, 0.15) is 27.2 Å². The topological polar surface area (TPSA) is 55.8 Å². The Hall–Kier alpha value is -1.03. The Morgan fingerprint density at radius 3 is 2.46 bits per heavy atom. The van der Waals surface area contributed by atoms with Gasteiger partial charge in [-0.2, -0.15) is 4.89 Å². The molecule has 0 aliphatic carbocycles. The minimum Gasteiger partial charge on any atom is -0.481 e. The minimum absolute atomic E-state index is 0.00134. The highest BCUT2D eigenvalue weighted by atomic mass is 17.2. The summed E-state index contributed by atoms with van der Waals surface area (Å²) in [6, 6.07) is 0. The summed E-state index contributed by atoms with van der Waals surface area (Å²) in [5.74, 6) is -0.431. The molecule has 0 aliphatic rings. The lowest BCUT2D eigenvalue weighted by Crippen LogP contribution is -2.29. The summed E-state index contributed by atoms with van der Waals surface area (Å²) >= 11 is 0. The Balaban J connectivity index is 3.76. The molecule has 1 N–H and O–H groups in total. The van der Waals surface area contributed by atoms with Crippen molar-refractivity contribution in [3.63, 3.8) is 0 Å². The molecule has 0 radical (unpaired) electrons. The number of allylic oxidation sites excluding steroid dienone is 1. The molecule has 0 aromatic heterocycles. The van der Waals surface area contributed by atoms with E-state index in [9.17, 15) is 4.79 Å². The van der Waals surface area contributed by atoms with E-state index in [-0.39, 0.29) is 6.61 Å². The first-order valence-corrected chi connectivity index (χ1v) is 4.10. The van der Waals surface area contributed by atoms with Crippen molar-refractivity contribution in [1.82, 2.24) is 0 Å². The average molecular weight is 188 g/mol. The lowest BCUT2D eigenvalue weighted by molar-refractivity contribution is -0.277. The van der Waals surface area contributed by atoms with Crippen LogP contribution in [0.15, 0.2) is 12.3 Å². The molecule has 0 aromatic rings. The zero-order valence-electron chi connectivity index (χ0n) is 8.29. The summed E-state index contributed by atoms with van der Waals surface area (Å²) in [7, 11) is 0. The average Bonchev–Trinajstić information content (AvgIpc) is 2.03. The van der Waals surface area contributed by atoms with Gasteiger partial charge in [0.25, 0.3) is 0 Å². The van der Waals surface area contributed by atoms with Crippen LogP contribution in [0.5, 0.6) is 0 Å². The summed E-state index contributed by atoms with van der Waals surface area (Å²) in [4.78, 5) is 20.1. The van der Waals surface area contributed by atoms with Crippen molar-refractivity contribution >= 4 is 5.97 Å². The van der Waals surface area contributed by atoms with Gasteiger partial charge in [-0.15, -0.1) is 0 Å². The molecule has 0 aromatic carbocycles. The Morgan fingerprint density at radius 1 is 1.54 bits per heavy atom. The molecule has 0 bridgehead atoms. The molecule has 0 fully saturated rings. The quantitative estimate of drug-likeness (QED) is 0.393. The number of carboxylic acid groups (broad SMARTS) is 1. The molecule has 0 heterocycles. The molecule has 0 aliphatic heterocycles. The van der Waals surface area contributed by atoms with Crippen molar-refractivity contribution in [1.29, 1.82) is 0 Å². The van der Waals surface area contributed by atoms with Gasteiger partial charge in [-0.3, -0.25) is 4.79 Å². The molecule has 13 heavy (non-hydrogen) atoms. The standard InChI is InChI=1S/C9H16O4/c1-5-7(2)13-12-6-9(3,4)8(10)11/h2,5-6H2,1,3-4H3,(H,10,11). The monoisotopic (exact) mass is 188 g/mol. The summed E-state index contributed by atoms with van der Waals surface area (Å²) in [6.45, 7) is 8.54. The first-order chi connectivity index (χ1) is 5.90. The van der Waals surface area contributed by atoms with E-state index >= 15 is 0 Å². The van der Waals surface area contributed by atoms with Crippen LogP contribution in [0.4, 0.5) is 0 Å². The highest BCUT2D eigenvalue weighted by Gasteiger charge is 2.28. The van der Waals surface area contributed by atoms with Gasteiger partial charge in [-0.25, -0.2) is 0 Å². The van der Waals surface area contributed by atoms with Gasteiger partial charge in [0.15, 0.2) is 0 Å². The molecule has 4 nitrogen and oxygen atoms in total. The molecule has 0 saturated carbocycles. The number of aliphatic carboxylic acids is 1. The highest BCUT2D eigenvalue weighted by Crippen LogP contribution is 2.16. The van der Waals surface area contributed by atoms with Gasteiger partial charge in [-0.1, -0.05) is 13.5 Å².